The number of fused-ring (bicyclic) bond motifs is 1. The van der Waals surface area contributed by atoms with E-state index in [0.29, 0.717) is 40.0 Å². The van der Waals surface area contributed by atoms with Gasteiger partial charge in [0.05, 0.1) is 25.9 Å². The second-order valence-electron chi connectivity index (χ2n) is 9.44. The number of likely N-dealkylation sites (tertiary alicyclic amines) is 1. The van der Waals surface area contributed by atoms with Gasteiger partial charge in [-0.25, -0.2) is 4.39 Å². The minimum absolute atomic E-state index is 0.0175. The number of ketones is 1. The van der Waals surface area contributed by atoms with E-state index in [9.17, 15) is 14.0 Å². The molecule has 0 N–H and O–H groups in total. The largest absolute Gasteiger partial charge is 0.493 e. The molecule has 1 saturated heterocycles. The Morgan fingerprint density at radius 2 is 1.78 bits per heavy atom. The van der Waals surface area contributed by atoms with Crippen LogP contribution in [0.3, 0.4) is 0 Å². The summed E-state index contributed by atoms with van der Waals surface area (Å²) in [6.45, 7) is 2.83. The Bertz CT molecular complexity index is 1240. The molecule has 0 saturated carbocycles. The lowest BCUT2D eigenvalue weighted by atomic mass is 9.88. The van der Waals surface area contributed by atoms with Crippen LogP contribution >= 0.6 is 0 Å². The van der Waals surface area contributed by atoms with Crippen molar-refractivity contribution in [3.05, 3.63) is 69.8 Å². The highest BCUT2D eigenvalue weighted by atomic mass is 19.1. The molecule has 1 unspecified atom stereocenters. The normalized spacial score (nSPS) is 16.9. The molecule has 0 bridgehead atoms. The van der Waals surface area contributed by atoms with E-state index in [1.165, 1.54) is 12.1 Å². The molecule has 1 atom stereocenters. The molecule has 0 aliphatic carbocycles. The van der Waals surface area contributed by atoms with Gasteiger partial charge in [0.25, 0.3) is 0 Å². The van der Waals surface area contributed by atoms with E-state index in [1.54, 1.807) is 44.7 Å². The fourth-order valence-electron chi connectivity index (χ4n) is 4.98. The number of Topliss-reactive ketones (excluding diaryl/α,β-unsaturated/α-hetero) is 1. The number of rotatable bonds is 9. The fourth-order valence-corrected chi connectivity index (χ4v) is 4.98. The third kappa shape index (κ3) is 6.13. The molecule has 192 valence electrons. The Labute approximate surface area is 211 Å². The van der Waals surface area contributed by atoms with Crippen molar-refractivity contribution in [3.8, 4) is 11.5 Å². The standard InChI is InChI=1S/C29H34FNO5/c1-34-26-17-24-25(18-27(26)35-2)36-19-22(29(24)33)8-4-6-15-31-14-5-3-7-20(13-16-31)28(32)21-9-11-23(30)12-10-21/h9-12,17-20H,3-8,13-16H2,1-2H3. The molecule has 0 radical (unpaired) electrons. The zero-order chi connectivity index (χ0) is 25.5. The predicted molar refractivity (Wildman–Crippen MR) is 138 cm³/mol. The third-order valence-corrected chi connectivity index (χ3v) is 7.09. The van der Waals surface area contributed by atoms with Crippen molar-refractivity contribution < 1.29 is 23.1 Å². The fraction of sp³-hybridized carbons (Fsp3) is 0.448. The first-order valence-corrected chi connectivity index (χ1v) is 12.7. The molecule has 2 aromatic carbocycles. The van der Waals surface area contributed by atoms with Crippen LogP contribution < -0.4 is 14.9 Å². The summed E-state index contributed by atoms with van der Waals surface area (Å²) in [4.78, 5) is 28.3. The van der Waals surface area contributed by atoms with Crippen molar-refractivity contribution >= 4 is 16.8 Å². The smallest absolute Gasteiger partial charge is 0.195 e. The van der Waals surface area contributed by atoms with Crippen LogP contribution in [-0.2, 0) is 6.42 Å². The van der Waals surface area contributed by atoms with Crippen LogP contribution in [0.2, 0.25) is 0 Å². The number of carbonyl (C=O) groups excluding carboxylic acids is 1. The average Bonchev–Trinajstić information content (AvgIpc) is 2.88. The van der Waals surface area contributed by atoms with Crippen LogP contribution in [0.4, 0.5) is 4.39 Å². The third-order valence-electron chi connectivity index (χ3n) is 7.09. The molecule has 0 amide bonds. The molecule has 4 rings (SSSR count). The first-order chi connectivity index (χ1) is 17.5. The molecule has 7 heteroatoms. The summed E-state index contributed by atoms with van der Waals surface area (Å²) in [5.74, 6) is 0.806. The van der Waals surface area contributed by atoms with Crippen molar-refractivity contribution in [1.82, 2.24) is 4.90 Å². The molecule has 36 heavy (non-hydrogen) atoms. The van der Waals surface area contributed by atoms with Gasteiger partial charge in [0, 0.05) is 23.1 Å². The second-order valence-corrected chi connectivity index (χ2v) is 9.44. The molecule has 1 aromatic heterocycles. The number of unbranched alkanes of at least 4 members (excludes halogenated alkanes) is 1. The average molecular weight is 496 g/mol. The van der Waals surface area contributed by atoms with E-state index in [4.69, 9.17) is 13.9 Å². The Balaban J connectivity index is 1.30. The van der Waals surface area contributed by atoms with Gasteiger partial charge in [0.1, 0.15) is 11.4 Å². The Kier molecular flexibility index (Phi) is 8.75. The van der Waals surface area contributed by atoms with Gasteiger partial charge < -0.3 is 18.8 Å². The van der Waals surface area contributed by atoms with Gasteiger partial charge in [-0.15, -0.1) is 0 Å². The predicted octanol–water partition coefficient (Wildman–Crippen LogP) is 5.65. The first-order valence-electron chi connectivity index (χ1n) is 12.7. The highest BCUT2D eigenvalue weighted by Gasteiger charge is 2.23. The van der Waals surface area contributed by atoms with Crippen LogP contribution in [0.5, 0.6) is 11.5 Å². The van der Waals surface area contributed by atoms with E-state index >= 15 is 0 Å². The summed E-state index contributed by atoms with van der Waals surface area (Å²) in [6, 6.07) is 9.23. The minimum Gasteiger partial charge on any atom is -0.493 e. The maximum atomic E-state index is 13.2. The molecule has 3 aromatic rings. The van der Waals surface area contributed by atoms with Gasteiger partial charge in [0.2, 0.25) is 0 Å². The van der Waals surface area contributed by atoms with E-state index in [-0.39, 0.29) is 22.9 Å². The quantitative estimate of drug-likeness (QED) is 0.282. The van der Waals surface area contributed by atoms with Gasteiger partial charge >= 0.3 is 0 Å². The van der Waals surface area contributed by atoms with Crippen molar-refractivity contribution in [2.24, 2.45) is 5.92 Å². The van der Waals surface area contributed by atoms with Crippen molar-refractivity contribution in [2.75, 3.05) is 33.9 Å². The van der Waals surface area contributed by atoms with Crippen LogP contribution in [-0.4, -0.2) is 44.5 Å². The van der Waals surface area contributed by atoms with Gasteiger partial charge in [-0.3, -0.25) is 9.59 Å². The van der Waals surface area contributed by atoms with E-state index in [2.05, 4.69) is 4.90 Å². The zero-order valence-electron chi connectivity index (χ0n) is 21.1. The SMILES string of the molecule is COc1cc2occ(CCCCN3CCCCC(C(=O)c4ccc(F)cc4)CC3)c(=O)c2cc1OC. The van der Waals surface area contributed by atoms with Crippen LogP contribution in [0, 0.1) is 11.7 Å². The number of nitrogens with zero attached hydrogens (tertiary/aromatic N) is 1. The van der Waals surface area contributed by atoms with Gasteiger partial charge in [-0.1, -0.05) is 6.42 Å². The number of ether oxygens (including phenoxy) is 2. The minimum atomic E-state index is -0.322. The lowest BCUT2D eigenvalue weighted by molar-refractivity contribution is 0.0879. The highest BCUT2D eigenvalue weighted by Crippen LogP contribution is 2.31. The topological polar surface area (TPSA) is 69.0 Å². The maximum absolute atomic E-state index is 13.2. The summed E-state index contributed by atoms with van der Waals surface area (Å²) in [7, 11) is 3.09. The molecular weight excluding hydrogens is 461 g/mol. The number of aryl methyl sites for hydroxylation is 1. The zero-order valence-corrected chi connectivity index (χ0v) is 21.1. The van der Waals surface area contributed by atoms with Crippen molar-refractivity contribution in [1.29, 1.82) is 0 Å². The molecule has 1 aliphatic heterocycles. The van der Waals surface area contributed by atoms with Crippen molar-refractivity contribution in [2.45, 2.75) is 44.9 Å². The lowest BCUT2D eigenvalue weighted by Crippen LogP contribution is -2.32. The number of hydrogen-bond donors (Lipinski definition) is 0. The van der Waals surface area contributed by atoms with Crippen molar-refractivity contribution in [3.63, 3.8) is 0 Å². The molecule has 1 aliphatic rings. The van der Waals surface area contributed by atoms with Crippen LogP contribution in [0.25, 0.3) is 11.0 Å². The second kappa shape index (κ2) is 12.2. The molecule has 1 fully saturated rings. The lowest BCUT2D eigenvalue weighted by Gasteiger charge is -2.28. The Hall–Kier alpha value is -3.19. The number of hydrogen-bond acceptors (Lipinski definition) is 6. The summed E-state index contributed by atoms with van der Waals surface area (Å²) in [5, 5.41) is 0.491. The highest BCUT2D eigenvalue weighted by molar-refractivity contribution is 5.97. The summed E-state index contributed by atoms with van der Waals surface area (Å²) in [6.07, 6.45) is 7.81. The van der Waals surface area contributed by atoms with Crippen LogP contribution in [0.1, 0.15) is 54.4 Å². The summed E-state index contributed by atoms with van der Waals surface area (Å²) in [5.41, 5.74) is 1.70. The molecule has 6 nitrogen and oxygen atoms in total. The van der Waals surface area contributed by atoms with Crippen LogP contribution in [0.15, 0.2) is 51.9 Å². The number of halogens is 1. The number of carbonyl (C=O) groups is 1. The van der Waals surface area contributed by atoms with E-state index < -0.39 is 0 Å². The molecular formula is C29H34FNO5. The number of methoxy groups -OCH3 is 2. The summed E-state index contributed by atoms with van der Waals surface area (Å²) >= 11 is 0. The van der Waals surface area contributed by atoms with E-state index in [1.807, 2.05) is 0 Å². The summed E-state index contributed by atoms with van der Waals surface area (Å²) < 4.78 is 29.6. The van der Waals surface area contributed by atoms with E-state index in [0.717, 1.165) is 58.2 Å². The Morgan fingerprint density at radius 1 is 1.03 bits per heavy atom. The van der Waals surface area contributed by atoms with Gasteiger partial charge in [-0.2, -0.15) is 0 Å². The van der Waals surface area contributed by atoms with Gasteiger partial charge in [-0.05, 0) is 88.5 Å². The monoisotopic (exact) mass is 495 g/mol. The van der Waals surface area contributed by atoms with Gasteiger partial charge in [0.15, 0.2) is 22.7 Å². The Morgan fingerprint density at radius 3 is 2.53 bits per heavy atom. The maximum Gasteiger partial charge on any atom is 0.195 e. The molecule has 2 heterocycles. The molecule has 0 spiro atoms. The number of benzene rings is 2. The first kappa shape index (κ1) is 25.9.